The molecule has 0 spiro atoms. The van der Waals surface area contributed by atoms with Crippen LogP contribution in [0.3, 0.4) is 0 Å². The van der Waals surface area contributed by atoms with Gasteiger partial charge in [0.2, 0.25) is 5.91 Å². The lowest BCUT2D eigenvalue weighted by atomic mass is 9.94. The normalized spacial score (nSPS) is 25.5. The van der Waals surface area contributed by atoms with E-state index in [4.69, 9.17) is 4.74 Å². The van der Waals surface area contributed by atoms with E-state index >= 15 is 0 Å². The Morgan fingerprint density at radius 3 is 2.60 bits per heavy atom. The van der Waals surface area contributed by atoms with Crippen molar-refractivity contribution < 1.29 is 19.4 Å². The molecule has 0 atom stereocenters. The van der Waals surface area contributed by atoms with Gasteiger partial charge in [-0.3, -0.25) is 9.69 Å². The fourth-order valence-corrected chi connectivity index (χ4v) is 1.82. The fraction of sp³-hybridized carbons (Fsp3) is 0.778. The van der Waals surface area contributed by atoms with Gasteiger partial charge >= 0.3 is 6.03 Å². The highest BCUT2D eigenvalue weighted by molar-refractivity contribution is 6.02. The molecule has 0 aliphatic carbocycles. The molecule has 6 nitrogen and oxygen atoms in total. The SMILES string of the molecule is O=C1CNC(=O)N1CC1(O)CCOCC1. The zero-order chi connectivity index (χ0) is 10.9. The third kappa shape index (κ3) is 2.10. The average molecular weight is 214 g/mol. The van der Waals surface area contributed by atoms with Crippen molar-refractivity contribution >= 4 is 11.9 Å². The third-order valence-electron chi connectivity index (χ3n) is 2.81. The van der Waals surface area contributed by atoms with E-state index in [0.717, 1.165) is 4.90 Å². The summed E-state index contributed by atoms with van der Waals surface area (Å²) in [6, 6.07) is -0.417. The van der Waals surface area contributed by atoms with Gasteiger partial charge in [0.15, 0.2) is 0 Å². The first-order valence-electron chi connectivity index (χ1n) is 4.99. The number of carbonyl (C=O) groups is 2. The van der Waals surface area contributed by atoms with E-state index in [1.165, 1.54) is 0 Å². The minimum Gasteiger partial charge on any atom is -0.388 e. The van der Waals surface area contributed by atoms with Crippen molar-refractivity contribution in [3.05, 3.63) is 0 Å². The molecule has 0 aromatic carbocycles. The molecule has 2 heterocycles. The van der Waals surface area contributed by atoms with Crippen molar-refractivity contribution in [3.63, 3.8) is 0 Å². The molecule has 2 N–H and O–H groups in total. The van der Waals surface area contributed by atoms with Crippen LogP contribution in [0, 0.1) is 0 Å². The maximum atomic E-state index is 11.3. The fourth-order valence-electron chi connectivity index (χ4n) is 1.82. The van der Waals surface area contributed by atoms with Crippen LogP contribution in [-0.2, 0) is 9.53 Å². The average Bonchev–Trinajstić information content (AvgIpc) is 2.50. The molecule has 2 fully saturated rings. The lowest BCUT2D eigenvalue weighted by Gasteiger charge is -2.34. The van der Waals surface area contributed by atoms with Crippen LogP contribution in [0.15, 0.2) is 0 Å². The zero-order valence-corrected chi connectivity index (χ0v) is 8.36. The predicted molar refractivity (Wildman–Crippen MR) is 50.1 cm³/mol. The molecule has 6 heteroatoms. The summed E-state index contributed by atoms with van der Waals surface area (Å²) >= 11 is 0. The first kappa shape index (κ1) is 10.4. The lowest BCUT2D eigenvalue weighted by molar-refractivity contribution is -0.130. The number of imide groups is 1. The summed E-state index contributed by atoms with van der Waals surface area (Å²) in [6.45, 7) is 1.05. The van der Waals surface area contributed by atoms with Crippen LogP contribution < -0.4 is 5.32 Å². The molecule has 15 heavy (non-hydrogen) atoms. The van der Waals surface area contributed by atoms with Crippen molar-refractivity contribution in [3.8, 4) is 0 Å². The number of amides is 3. The number of urea groups is 1. The number of nitrogens with one attached hydrogen (secondary N) is 1. The Bertz CT molecular complexity index is 270. The van der Waals surface area contributed by atoms with Crippen LogP contribution in [0.2, 0.25) is 0 Å². The quantitative estimate of drug-likeness (QED) is 0.583. The van der Waals surface area contributed by atoms with Gasteiger partial charge in [0, 0.05) is 26.1 Å². The Hall–Kier alpha value is -1.14. The second-order valence-corrected chi connectivity index (χ2v) is 3.98. The Morgan fingerprint density at radius 1 is 1.40 bits per heavy atom. The van der Waals surface area contributed by atoms with E-state index in [-0.39, 0.29) is 19.0 Å². The largest absolute Gasteiger partial charge is 0.388 e. The maximum absolute atomic E-state index is 11.3. The molecule has 0 unspecified atom stereocenters. The molecule has 2 aliphatic heterocycles. The second kappa shape index (κ2) is 3.79. The van der Waals surface area contributed by atoms with E-state index in [1.54, 1.807) is 0 Å². The number of carbonyl (C=O) groups excluding carboxylic acids is 2. The van der Waals surface area contributed by atoms with Crippen molar-refractivity contribution in [1.82, 2.24) is 10.2 Å². The second-order valence-electron chi connectivity index (χ2n) is 3.98. The number of β-amino-alcohol motifs (C(OH)–C–C–N with tert-alkyl or cyclic N) is 1. The molecular weight excluding hydrogens is 200 g/mol. The first-order valence-corrected chi connectivity index (χ1v) is 4.99. The van der Waals surface area contributed by atoms with Gasteiger partial charge in [0.05, 0.1) is 18.7 Å². The highest BCUT2D eigenvalue weighted by Crippen LogP contribution is 2.22. The van der Waals surface area contributed by atoms with E-state index in [0.29, 0.717) is 26.1 Å². The molecule has 0 bridgehead atoms. The smallest absolute Gasteiger partial charge is 0.324 e. The topological polar surface area (TPSA) is 78.9 Å². The zero-order valence-electron chi connectivity index (χ0n) is 8.36. The molecule has 84 valence electrons. The molecule has 0 aromatic rings. The van der Waals surface area contributed by atoms with E-state index in [2.05, 4.69) is 5.32 Å². The highest BCUT2D eigenvalue weighted by atomic mass is 16.5. The predicted octanol–water partition coefficient (Wildman–Crippen LogP) is -0.920. The van der Waals surface area contributed by atoms with Crippen LogP contribution in [0.1, 0.15) is 12.8 Å². The summed E-state index contributed by atoms with van der Waals surface area (Å²) < 4.78 is 5.12. The van der Waals surface area contributed by atoms with Gasteiger partial charge in [-0.15, -0.1) is 0 Å². The highest BCUT2D eigenvalue weighted by Gasteiger charge is 2.38. The van der Waals surface area contributed by atoms with Crippen LogP contribution in [0.4, 0.5) is 4.79 Å². The Morgan fingerprint density at radius 2 is 2.07 bits per heavy atom. The van der Waals surface area contributed by atoms with E-state index in [1.807, 2.05) is 0 Å². The number of aliphatic hydroxyl groups is 1. The summed E-state index contributed by atoms with van der Waals surface area (Å²) in [4.78, 5) is 23.6. The summed E-state index contributed by atoms with van der Waals surface area (Å²) in [5, 5.41) is 12.5. The molecule has 0 aromatic heterocycles. The molecule has 2 rings (SSSR count). The van der Waals surface area contributed by atoms with Crippen molar-refractivity contribution in [2.45, 2.75) is 18.4 Å². The van der Waals surface area contributed by atoms with E-state index in [9.17, 15) is 14.7 Å². The molecule has 0 saturated carbocycles. The molecular formula is C9H14N2O4. The van der Waals surface area contributed by atoms with Gasteiger partial charge in [-0.05, 0) is 0 Å². The number of ether oxygens (including phenoxy) is 1. The van der Waals surface area contributed by atoms with Crippen LogP contribution in [0.25, 0.3) is 0 Å². The molecule has 3 amide bonds. The van der Waals surface area contributed by atoms with Gasteiger partial charge in [-0.2, -0.15) is 0 Å². The summed E-state index contributed by atoms with van der Waals surface area (Å²) in [7, 11) is 0. The Labute approximate surface area is 87.2 Å². The van der Waals surface area contributed by atoms with E-state index < -0.39 is 11.6 Å². The first-order chi connectivity index (χ1) is 7.11. The number of rotatable bonds is 2. The maximum Gasteiger partial charge on any atom is 0.324 e. The lowest BCUT2D eigenvalue weighted by Crippen LogP contribution is -2.48. The van der Waals surface area contributed by atoms with Gasteiger partial charge < -0.3 is 15.2 Å². The van der Waals surface area contributed by atoms with Crippen molar-refractivity contribution in [2.24, 2.45) is 0 Å². The monoisotopic (exact) mass is 214 g/mol. The van der Waals surface area contributed by atoms with Gasteiger partial charge in [-0.1, -0.05) is 0 Å². The van der Waals surface area contributed by atoms with Gasteiger partial charge in [-0.25, -0.2) is 4.79 Å². The third-order valence-corrected chi connectivity index (χ3v) is 2.81. The minimum absolute atomic E-state index is 0.0331. The summed E-state index contributed by atoms with van der Waals surface area (Å²) in [5.74, 6) is -0.278. The van der Waals surface area contributed by atoms with Gasteiger partial charge in [0.1, 0.15) is 0 Å². The summed E-state index contributed by atoms with van der Waals surface area (Å²) in [5.41, 5.74) is -0.977. The van der Waals surface area contributed by atoms with Crippen LogP contribution in [-0.4, -0.2) is 53.8 Å². The van der Waals surface area contributed by atoms with Crippen molar-refractivity contribution in [1.29, 1.82) is 0 Å². The Balaban J connectivity index is 2.00. The van der Waals surface area contributed by atoms with Crippen LogP contribution in [0.5, 0.6) is 0 Å². The molecule has 2 aliphatic rings. The molecule has 2 saturated heterocycles. The summed E-state index contributed by atoms with van der Waals surface area (Å²) in [6.07, 6.45) is 0.925. The van der Waals surface area contributed by atoms with Crippen LogP contribution >= 0.6 is 0 Å². The number of hydrogen-bond donors (Lipinski definition) is 2. The molecule has 0 radical (unpaired) electrons. The number of nitrogens with zero attached hydrogens (tertiary/aromatic N) is 1. The van der Waals surface area contributed by atoms with Gasteiger partial charge in [0.25, 0.3) is 0 Å². The van der Waals surface area contributed by atoms with Crippen molar-refractivity contribution in [2.75, 3.05) is 26.3 Å². The number of hydrogen-bond acceptors (Lipinski definition) is 4. The minimum atomic E-state index is -0.977. The standard InChI is InChI=1S/C9H14N2O4/c12-7-5-10-8(13)11(7)6-9(14)1-3-15-4-2-9/h14H,1-6H2,(H,10,13). The Kier molecular flexibility index (Phi) is 2.62.